The molecule has 114 valence electrons. The predicted octanol–water partition coefficient (Wildman–Crippen LogP) is 4.75. The molecule has 0 fully saturated rings. The maximum Gasteiger partial charge on any atom is 0.0945 e. The molecule has 0 amide bonds. The summed E-state index contributed by atoms with van der Waals surface area (Å²) in [5, 5.41) is 6.92. The van der Waals surface area contributed by atoms with Crippen molar-refractivity contribution in [3.05, 3.63) is 39.7 Å². The summed E-state index contributed by atoms with van der Waals surface area (Å²) in [6, 6.07) is 6.58. The summed E-state index contributed by atoms with van der Waals surface area (Å²) in [4.78, 5) is 4.78. The first-order chi connectivity index (χ1) is 10.2. The van der Waals surface area contributed by atoms with Crippen molar-refractivity contribution in [2.45, 2.75) is 46.5 Å². The Labute approximate surface area is 132 Å². The Hall–Kier alpha value is -1.19. The highest BCUT2D eigenvalue weighted by atomic mass is 32.1. The molecule has 0 aliphatic heterocycles. The van der Waals surface area contributed by atoms with Crippen LogP contribution in [-0.4, -0.2) is 18.1 Å². The van der Waals surface area contributed by atoms with E-state index in [-0.39, 0.29) is 0 Å². The SMILES string of the molecule is CCCCCNCCc1nc(-c2ccc(C)cc2C)cs1. The standard InChI is InChI=1S/C18H26N2S/c1-4-5-6-10-19-11-9-18-20-17(13-21-18)16-8-7-14(2)12-15(16)3/h7-8,12-13,19H,4-6,9-11H2,1-3H3. The van der Waals surface area contributed by atoms with E-state index in [9.17, 15) is 0 Å². The Morgan fingerprint density at radius 2 is 2.00 bits per heavy atom. The summed E-state index contributed by atoms with van der Waals surface area (Å²) in [7, 11) is 0. The largest absolute Gasteiger partial charge is 0.316 e. The van der Waals surface area contributed by atoms with E-state index in [1.54, 1.807) is 11.3 Å². The van der Waals surface area contributed by atoms with Gasteiger partial charge in [0.1, 0.15) is 0 Å². The smallest absolute Gasteiger partial charge is 0.0945 e. The van der Waals surface area contributed by atoms with E-state index in [1.165, 1.54) is 41.0 Å². The van der Waals surface area contributed by atoms with Crippen molar-refractivity contribution in [2.24, 2.45) is 0 Å². The number of benzene rings is 1. The van der Waals surface area contributed by atoms with Crippen molar-refractivity contribution >= 4 is 11.3 Å². The molecule has 2 aromatic rings. The molecule has 1 heterocycles. The van der Waals surface area contributed by atoms with Gasteiger partial charge in [-0.05, 0) is 32.4 Å². The average molecular weight is 302 g/mol. The van der Waals surface area contributed by atoms with Crippen molar-refractivity contribution in [1.29, 1.82) is 0 Å². The quantitative estimate of drug-likeness (QED) is 0.712. The van der Waals surface area contributed by atoms with E-state index >= 15 is 0 Å². The molecular formula is C18H26N2S. The molecule has 0 aliphatic carbocycles. The molecule has 0 unspecified atom stereocenters. The summed E-state index contributed by atoms with van der Waals surface area (Å²) in [5.74, 6) is 0. The van der Waals surface area contributed by atoms with Crippen LogP contribution in [0, 0.1) is 13.8 Å². The molecule has 3 heteroatoms. The zero-order chi connectivity index (χ0) is 15.1. The molecule has 0 atom stereocenters. The summed E-state index contributed by atoms with van der Waals surface area (Å²) in [5.41, 5.74) is 5.00. The van der Waals surface area contributed by atoms with Gasteiger partial charge in [-0.25, -0.2) is 4.98 Å². The van der Waals surface area contributed by atoms with Gasteiger partial charge in [0, 0.05) is 23.9 Å². The van der Waals surface area contributed by atoms with E-state index in [2.05, 4.69) is 49.7 Å². The molecule has 1 aromatic carbocycles. The lowest BCUT2D eigenvalue weighted by atomic mass is 10.0. The highest BCUT2D eigenvalue weighted by molar-refractivity contribution is 7.09. The van der Waals surface area contributed by atoms with Gasteiger partial charge in [-0.2, -0.15) is 0 Å². The zero-order valence-electron chi connectivity index (χ0n) is 13.4. The molecule has 0 radical (unpaired) electrons. The molecule has 0 bridgehead atoms. The second-order valence-electron chi connectivity index (χ2n) is 5.65. The molecule has 0 saturated carbocycles. The lowest BCUT2D eigenvalue weighted by Crippen LogP contribution is -2.18. The van der Waals surface area contributed by atoms with E-state index in [0.29, 0.717) is 0 Å². The van der Waals surface area contributed by atoms with Gasteiger partial charge in [-0.3, -0.25) is 0 Å². The third-order valence-electron chi connectivity index (χ3n) is 3.68. The van der Waals surface area contributed by atoms with E-state index < -0.39 is 0 Å². The third-order valence-corrected chi connectivity index (χ3v) is 4.59. The van der Waals surface area contributed by atoms with Gasteiger partial charge in [0.2, 0.25) is 0 Å². The molecular weight excluding hydrogens is 276 g/mol. The highest BCUT2D eigenvalue weighted by Crippen LogP contribution is 2.25. The monoisotopic (exact) mass is 302 g/mol. The van der Waals surface area contributed by atoms with Crippen LogP contribution in [0.4, 0.5) is 0 Å². The maximum absolute atomic E-state index is 4.78. The minimum Gasteiger partial charge on any atom is -0.316 e. The van der Waals surface area contributed by atoms with Gasteiger partial charge >= 0.3 is 0 Å². The highest BCUT2D eigenvalue weighted by Gasteiger charge is 2.07. The lowest BCUT2D eigenvalue weighted by molar-refractivity contribution is 0.616. The van der Waals surface area contributed by atoms with Crippen LogP contribution >= 0.6 is 11.3 Å². The number of rotatable bonds is 8. The van der Waals surface area contributed by atoms with E-state index in [0.717, 1.165) is 25.2 Å². The zero-order valence-corrected chi connectivity index (χ0v) is 14.2. The molecule has 1 aromatic heterocycles. The lowest BCUT2D eigenvalue weighted by Gasteiger charge is -2.04. The molecule has 1 N–H and O–H groups in total. The summed E-state index contributed by atoms with van der Waals surface area (Å²) in [6.07, 6.45) is 4.92. The van der Waals surface area contributed by atoms with Crippen molar-refractivity contribution in [2.75, 3.05) is 13.1 Å². The molecule has 0 aliphatic rings. The first kappa shape index (κ1) is 16.2. The normalized spacial score (nSPS) is 11.0. The van der Waals surface area contributed by atoms with Crippen molar-refractivity contribution in [1.82, 2.24) is 10.3 Å². The maximum atomic E-state index is 4.78. The Morgan fingerprint density at radius 1 is 1.14 bits per heavy atom. The van der Waals surface area contributed by atoms with E-state index in [4.69, 9.17) is 4.98 Å². The first-order valence-electron chi connectivity index (χ1n) is 7.93. The topological polar surface area (TPSA) is 24.9 Å². The number of aromatic nitrogens is 1. The number of hydrogen-bond acceptors (Lipinski definition) is 3. The molecule has 0 saturated heterocycles. The number of nitrogens with zero attached hydrogens (tertiary/aromatic N) is 1. The molecule has 2 rings (SSSR count). The van der Waals surface area contributed by atoms with Gasteiger partial charge in [-0.15, -0.1) is 11.3 Å². The van der Waals surface area contributed by atoms with Gasteiger partial charge in [0.05, 0.1) is 10.7 Å². The van der Waals surface area contributed by atoms with Crippen LogP contribution in [0.2, 0.25) is 0 Å². The van der Waals surface area contributed by atoms with E-state index in [1.807, 2.05) is 0 Å². The summed E-state index contributed by atoms with van der Waals surface area (Å²) < 4.78 is 0. The Kier molecular flexibility index (Phi) is 6.40. The fourth-order valence-electron chi connectivity index (χ4n) is 2.47. The van der Waals surface area contributed by atoms with Gasteiger partial charge in [0.15, 0.2) is 0 Å². The third kappa shape index (κ3) is 4.94. The summed E-state index contributed by atoms with van der Waals surface area (Å²) in [6.45, 7) is 8.70. The molecule has 21 heavy (non-hydrogen) atoms. The number of unbranched alkanes of at least 4 members (excludes halogenated alkanes) is 2. The fourth-order valence-corrected chi connectivity index (χ4v) is 3.27. The van der Waals surface area contributed by atoms with Crippen LogP contribution in [0.15, 0.2) is 23.6 Å². The Morgan fingerprint density at radius 3 is 2.76 bits per heavy atom. The summed E-state index contributed by atoms with van der Waals surface area (Å²) >= 11 is 1.77. The van der Waals surface area contributed by atoms with Crippen LogP contribution in [-0.2, 0) is 6.42 Å². The second-order valence-corrected chi connectivity index (χ2v) is 6.59. The minimum atomic E-state index is 1.03. The van der Waals surface area contributed by atoms with Crippen LogP contribution in [0.25, 0.3) is 11.3 Å². The van der Waals surface area contributed by atoms with Crippen molar-refractivity contribution in [3.63, 3.8) is 0 Å². The number of hydrogen-bond donors (Lipinski definition) is 1. The number of aryl methyl sites for hydroxylation is 2. The van der Waals surface area contributed by atoms with Gasteiger partial charge < -0.3 is 5.32 Å². The predicted molar refractivity (Wildman–Crippen MR) is 93.1 cm³/mol. The van der Waals surface area contributed by atoms with Crippen molar-refractivity contribution < 1.29 is 0 Å². The van der Waals surface area contributed by atoms with Gasteiger partial charge in [-0.1, -0.05) is 43.5 Å². The van der Waals surface area contributed by atoms with Crippen LogP contribution in [0.3, 0.4) is 0 Å². The number of nitrogens with one attached hydrogen (secondary N) is 1. The Balaban J connectivity index is 1.86. The Bertz CT molecular complexity index is 560. The number of thiazole rings is 1. The van der Waals surface area contributed by atoms with Crippen LogP contribution in [0.5, 0.6) is 0 Å². The van der Waals surface area contributed by atoms with Crippen LogP contribution in [0.1, 0.15) is 42.3 Å². The average Bonchev–Trinajstić information content (AvgIpc) is 2.91. The van der Waals surface area contributed by atoms with Gasteiger partial charge in [0.25, 0.3) is 0 Å². The second kappa shape index (κ2) is 8.30. The molecule has 2 nitrogen and oxygen atoms in total. The fraction of sp³-hybridized carbons (Fsp3) is 0.500. The first-order valence-corrected chi connectivity index (χ1v) is 8.81. The van der Waals surface area contributed by atoms with Crippen molar-refractivity contribution in [3.8, 4) is 11.3 Å². The minimum absolute atomic E-state index is 1.03. The van der Waals surface area contributed by atoms with Crippen LogP contribution < -0.4 is 5.32 Å². The molecule has 0 spiro atoms.